The molecule has 0 aliphatic carbocycles. The Balaban J connectivity index is 0.00000261. The number of carbonyl (C=O) groups excluding carboxylic acids is 1. The van der Waals surface area contributed by atoms with Crippen LogP contribution in [0.3, 0.4) is 0 Å². The Labute approximate surface area is 179 Å². The first kappa shape index (κ1) is 22.0. The van der Waals surface area contributed by atoms with Gasteiger partial charge in [0.1, 0.15) is 0 Å². The molecule has 27 heavy (non-hydrogen) atoms. The Morgan fingerprint density at radius 3 is 2.63 bits per heavy atom. The van der Waals surface area contributed by atoms with Gasteiger partial charge in [-0.1, -0.05) is 6.92 Å². The average Bonchev–Trinajstić information content (AvgIpc) is 3.35. The molecule has 0 radical (unpaired) electrons. The predicted molar refractivity (Wildman–Crippen MR) is 118 cm³/mol. The fourth-order valence-corrected chi connectivity index (χ4v) is 3.84. The number of rotatable bonds is 5. The minimum Gasteiger partial charge on any atom is -0.459 e. The van der Waals surface area contributed by atoms with Crippen molar-refractivity contribution in [3.05, 3.63) is 24.2 Å². The number of amides is 1. The predicted octanol–water partition coefficient (Wildman–Crippen LogP) is 1.96. The fourth-order valence-electron chi connectivity index (χ4n) is 3.84. The highest BCUT2D eigenvalue weighted by atomic mass is 127. The summed E-state index contributed by atoms with van der Waals surface area (Å²) in [7, 11) is 1.83. The summed E-state index contributed by atoms with van der Waals surface area (Å²) in [5.74, 6) is 2.03. The van der Waals surface area contributed by atoms with Gasteiger partial charge >= 0.3 is 0 Å². The maximum Gasteiger partial charge on any atom is 0.289 e. The van der Waals surface area contributed by atoms with Crippen molar-refractivity contribution in [1.82, 2.24) is 20.0 Å². The summed E-state index contributed by atoms with van der Waals surface area (Å²) in [4.78, 5) is 23.4. The summed E-state index contributed by atoms with van der Waals surface area (Å²) in [5, 5.41) is 3.54. The van der Waals surface area contributed by atoms with E-state index in [0.717, 1.165) is 25.6 Å². The molecule has 2 saturated heterocycles. The molecule has 1 N–H and O–H groups in total. The number of nitrogens with zero attached hydrogens (tertiary/aromatic N) is 4. The normalized spacial score (nSPS) is 21.3. The number of aliphatic imine (C=N–C) groups is 1. The van der Waals surface area contributed by atoms with Crippen LogP contribution in [0, 0.1) is 5.92 Å². The molecule has 8 heteroatoms. The SMILES string of the molecule is CCCN1CCC(CNC(=NC)N2CCN(C(=O)c3ccco3)CC2)C1.I. The van der Waals surface area contributed by atoms with Crippen molar-refractivity contribution < 1.29 is 9.21 Å². The van der Waals surface area contributed by atoms with Crippen LogP contribution in [0.2, 0.25) is 0 Å². The molecular weight excluding hydrogens is 457 g/mol. The van der Waals surface area contributed by atoms with E-state index in [4.69, 9.17) is 4.42 Å². The molecule has 0 saturated carbocycles. The van der Waals surface area contributed by atoms with E-state index in [1.165, 1.54) is 32.5 Å². The van der Waals surface area contributed by atoms with Crippen molar-refractivity contribution in [3.63, 3.8) is 0 Å². The number of nitrogens with one attached hydrogen (secondary N) is 1. The van der Waals surface area contributed by atoms with Gasteiger partial charge in [-0.05, 0) is 44.0 Å². The van der Waals surface area contributed by atoms with Crippen molar-refractivity contribution in [2.75, 3.05) is 59.4 Å². The third-order valence-corrected chi connectivity index (χ3v) is 5.27. The summed E-state index contributed by atoms with van der Waals surface area (Å²) in [6.45, 7) is 9.77. The first-order valence-corrected chi connectivity index (χ1v) is 9.72. The monoisotopic (exact) mass is 489 g/mol. The van der Waals surface area contributed by atoms with E-state index >= 15 is 0 Å². The van der Waals surface area contributed by atoms with E-state index in [1.54, 1.807) is 18.4 Å². The molecule has 1 amide bonds. The van der Waals surface area contributed by atoms with Crippen LogP contribution < -0.4 is 5.32 Å². The molecule has 1 atom stereocenters. The summed E-state index contributed by atoms with van der Waals surface area (Å²) in [5.41, 5.74) is 0. The van der Waals surface area contributed by atoms with Gasteiger partial charge in [0.2, 0.25) is 0 Å². The lowest BCUT2D eigenvalue weighted by Gasteiger charge is -2.36. The zero-order valence-electron chi connectivity index (χ0n) is 16.4. The van der Waals surface area contributed by atoms with E-state index in [9.17, 15) is 4.79 Å². The molecule has 1 aromatic heterocycles. The first-order chi connectivity index (χ1) is 12.7. The van der Waals surface area contributed by atoms with Gasteiger partial charge < -0.3 is 24.4 Å². The van der Waals surface area contributed by atoms with Gasteiger partial charge in [-0.25, -0.2) is 0 Å². The summed E-state index contributed by atoms with van der Waals surface area (Å²) in [6.07, 6.45) is 4.03. The second-order valence-corrected chi connectivity index (χ2v) is 7.14. The molecule has 1 aromatic rings. The smallest absolute Gasteiger partial charge is 0.289 e. The molecule has 2 aliphatic heterocycles. The fraction of sp³-hybridized carbons (Fsp3) is 0.684. The molecule has 3 rings (SSSR count). The number of carbonyl (C=O) groups is 1. The van der Waals surface area contributed by atoms with Crippen LogP contribution in [0.25, 0.3) is 0 Å². The Kier molecular flexibility index (Phi) is 8.88. The first-order valence-electron chi connectivity index (χ1n) is 9.72. The molecular formula is C19H32IN5O2. The van der Waals surface area contributed by atoms with E-state index in [1.807, 2.05) is 11.9 Å². The number of halogens is 1. The molecule has 7 nitrogen and oxygen atoms in total. The van der Waals surface area contributed by atoms with Crippen LogP contribution in [0.15, 0.2) is 27.8 Å². The molecule has 0 aromatic carbocycles. The van der Waals surface area contributed by atoms with Gasteiger partial charge in [-0.15, -0.1) is 24.0 Å². The Hall–Kier alpha value is -1.29. The number of piperazine rings is 1. The van der Waals surface area contributed by atoms with E-state index in [-0.39, 0.29) is 29.9 Å². The van der Waals surface area contributed by atoms with E-state index < -0.39 is 0 Å². The summed E-state index contributed by atoms with van der Waals surface area (Å²) in [6, 6.07) is 3.47. The number of hydrogen-bond acceptors (Lipinski definition) is 4. The number of guanidine groups is 1. The molecule has 3 heterocycles. The highest BCUT2D eigenvalue weighted by Gasteiger charge is 2.26. The van der Waals surface area contributed by atoms with E-state index in [2.05, 4.69) is 27.0 Å². The molecule has 2 aliphatic rings. The van der Waals surface area contributed by atoms with Crippen LogP contribution in [-0.2, 0) is 0 Å². The molecule has 1 unspecified atom stereocenters. The van der Waals surface area contributed by atoms with Crippen LogP contribution in [-0.4, -0.2) is 86.0 Å². The Bertz CT molecular complexity index is 599. The molecule has 2 fully saturated rings. The minimum atomic E-state index is -0.0282. The lowest BCUT2D eigenvalue weighted by molar-refractivity contribution is 0.0657. The summed E-state index contributed by atoms with van der Waals surface area (Å²) >= 11 is 0. The quantitative estimate of drug-likeness (QED) is 0.390. The number of furan rings is 1. The van der Waals surface area contributed by atoms with Gasteiger partial charge in [0.25, 0.3) is 5.91 Å². The van der Waals surface area contributed by atoms with Gasteiger partial charge in [0.15, 0.2) is 11.7 Å². The number of hydrogen-bond donors (Lipinski definition) is 1. The minimum absolute atomic E-state index is 0. The van der Waals surface area contributed by atoms with Crippen LogP contribution in [0.4, 0.5) is 0 Å². The van der Waals surface area contributed by atoms with Gasteiger partial charge in [0, 0.05) is 46.3 Å². The van der Waals surface area contributed by atoms with Crippen molar-refractivity contribution in [2.45, 2.75) is 19.8 Å². The second kappa shape index (κ2) is 10.9. The Morgan fingerprint density at radius 2 is 2.00 bits per heavy atom. The second-order valence-electron chi connectivity index (χ2n) is 7.14. The maximum absolute atomic E-state index is 12.4. The summed E-state index contributed by atoms with van der Waals surface area (Å²) < 4.78 is 5.22. The van der Waals surface area contributed by atoms with E-state index in [0.29, 0.717) is 24.8 Å². The van der Waals surface area contributed by atoms with Crippen molar-refractivity contribution in [2.24, 2.45) is 10.9 Å². The largest absolute Gasteiger partial charge is 0.459 e. The lowest BCUT2D eigenvalue weighted by atomic mass is 10.1. The topological polar surface area (TPSA) is 64.3 Å². The third kappa shape index (κ3) is 5.84. The van der Waals surface area contributed by atoms with Crippen molar-refractivity contribution in [1.29, 1.82) is 0 Å². The zero-order valence-corrected chi connectivity index (χ0v) is 18.7. The van der Waals surface area contributed by atoms with Crippen molar-refractivity contribution in [3.8, 4) is 0 Å². The number of likely N-dealkylation sites (tertiary alicyclic amines) is 1. The molecule has 0 bridgehead atoms. The standard InChI is InChI=1S/C19H31N5O2.HI/c1-3-7-22-8-6-16(15-22)14-21-19(20-2)24-11-9-23(10-12-24)18(25)17-5-4-13-26-17;/h4-5,13,16H,3,6-12,14-15H2,1-2H3,(H,20,21);1H. The third-order valence-electron chi connectivity index (χ3n) is 5.27. The Morgan fingerprint density at radius 1 is 1.26 bits per heavy atom. The average molecular weight is 489 g/mol. The van der Waals surface area contributed by atoms with Gasteiger partial charge in [-0.2, -0.15) is 0 Å². The van der Waals surface area contributed by atoms with Crippen LogP contribution in [0.1, 0.15) is 30.3 Å². The maximum atomic E-state index is 12.4. The highest BCUT2D eigenvalue weighted by molar-refractivity contribution is 14.0. The molecule has 0 spiro atoms. The lowest BCUT2D eigenvalue weighted by Crippen LogP contribution is -2.54. The van der Waals surface area contributed by atoms with Crippen LogP contribution in [0.5, 0.6) is 0 Å². The van der Waals surface area contributed by atoms with Gasteiger partial charge in [0.05, 0.1) is 6.26 Å². The van der Waals surface area contributed by atoms with Gasteiger partial charge in [-0.3, -0.25) is 9.79 Å². The highest BCUT2D eigenvalue weighted by Crippen LogP contribution is 2.15. The van der Waals surface area contributed by atoms with Crippen LogP contribution >= 0.6 is 24.0 Å². The van der Waals surface area contributed by atoms with Crippen molar-refractivity contribution >= 4 is 35.8 Å². The zero-order chi connectivity index (χ0) is 18.4. The molecule has 152 valence electrons.